The van der Waals surface area contributed by atoms with Crippen LogP contribution in [0.2, 0.25) is 0 Å². The Hall–Kier alpha value is -2.21. The first kappa shape index (κ1) is 13.8. The third-order valence-corrected chi connectivity index (χ3v) is 3.99. The smallest absolute Gasteiger partial charge is 0.155 e. The molecule has 0 amide bonds. The minimum absolute atomic E-state index is 0.746. The van der Waals surface area contributed by atoms with Crippen molar-refractivity contribution in [3.8, 4) is 5.82 Å². The van der Waals surface area contributed by atoms with Gasteiger partial charge in [0.2, 0.25) is 0 Å². The van der Waals surface area contributed by atoms with Gasteiger partial charge in [0.25, 0.3) is 0 Å². The summed E-state index contributed by atoms with van der Waals surface area (Å²) in [7, 11) is 0. The van der Waals surface area contributed by atoms with Crippen molar-refractivity contribution in [3.63, 3.8) is 0 Å². The first-order chi connectivity index (χ1) is 10.2. The maximum atomic E-state index is 4.35. The molecular weight excluding hydrogens is 330 g/mol. The Morgan fingerprint density at radius 2 is 2.14 bits per heavy atom. The normalized spacial score (nSPS) is 10.6. The van der Waals surface area contributed by atoms with E-state index in [9.17, 15) is 0 Å². The van der Waals surface area contributed by atoms with Crippen molar-refractivity contribution < 1.29 is 0 Å². The Morgan fingerprint density at radius 1 is 1.24 bits per heavy atom. The van der Waals surface area contributed by atoms with E-state index < -0.39 is 0 Å². The van der Waals surface area contributed by atoms with E-state index in [0.29, 0.717) is 0 Å². The summed E-state index contributed by atoms with van der Waals surface area (Å²) in [4.78, 5) is 8.26. The molecule has 0 aliphatic rings. The standard InChI is InChI=1S/C15H14BrN5/c1-11-2-3-12(6-14(11)16)7-18-13-4-5-15(19-8-13)21-10-17-9-20-21/h2-6,8-10,18H,7H2,1H3. The average molecular weight is 344 g/mol. The van der Waals surface area contributed by atoms with Crippen molar-refractivity contribution in [1.82, 2.24) is 19.7 Å². The number of halogens is 1. The van der Waals surface area contributed by atoms with E-state index in [1.807, 2.05) is 12.1 Å². The molecule has 6 heteroatoms. The van der Waals surface area contributed by atoms with Gasteiger partial charge in [-0.2, -0.15) is 5.10 Å². The van der Waals surface area contributed by atoms with Gasteiger partial charge in [-0.15, -0.1) is 0 Å². The predicted molar refractivity (Wildman–Crippen MR) is 85.4 cm³/mol. The van der Waals surface area contributed by atoms with Crippen LogP contribution >= 0.6 is 15.9 Å². The van der Waals surface area contributed by atoms with Gasteiger partial charge in [-0.1, -0.05) is 28.1 Å². The lowest BCUT2D eigenvalue weighted by atomic mass is 10.1. The van der Waals surface area contributed by atoms with E-state index in [4.69, 9.17) is 0 Å². The molecule has 5 nitrogen and oxygen atoms in total. The molecule has 0 saturated carbocycles. The number of anilines is 1. The number of aromatic nitrogens is 4. The van der Waals surface area contributed by atoms with Crippen molar-refractivity contribution in [3.05, 3.63) is 64.8 Å². The molecule has 106 valence electrons. The highest BCUT2D eigenvalue weighted by atomic mass is 79.9. The minimum Gasteiger partial charge on any atom is -0.380 e. The molecular formula is C15H14BrN5. The quantitative estimate of drug-likeness (QED) is 0.789. The summed E-state index contributed by atoms with van der Waals surface area (Å²) in [5.74, 6) is 0.746. The van der Waals surface area contributed by atoms with Crippen LogP contribution in [0.1, 0.15) is 11.1 Å². The third kappa shape index (κ3) is 3.28. The highest BCUT2D eigenvalue weighted by molar-refractivity contribution is 9.10. The highest BCUT2D eigenvalue weighted by Crippen LogP contribution is 2.18. The summed E-state index contributed by atoms with van der Waals surface area (Å²) in [6.07, 6.45) is 4.91. The fourth-order valence-electron chi connectivity index (χ4n) is 1.90. The molecule has 0 saturated heterocycles. The van der Waals surface area contributed by atoms with Crippen LogP contribution in [0.25, 0.3) is 5.82 Å². The van der Waals surface area contributed by atoms with E-state index in [1.165, 1.54) is 17.5 Å². The molecule has 2 heterocycles. The summed E-state index contributed by atoms with van der Waals surface area (Å²) >= 11 is 3.55. The van der Waals surface area contributed by atoms with Gasteiger partial charge in [0, 0.05) is 11.0 Å². The van der Waals surface area contributed by atoms with E-state index in [1.54, 1.807) is 17.2 Å². The number of benzene rings is 1. The van der Waals surface area contributed by atoms with Crippen LogP contribution in [0, 0.1) is 6.92 Å². The molecule has 1 N–H and O–H groups in total. The Bertz CT molecular complexity index is 722. The molecule has 2 aromatic heterocycles. The van der Waals surface area contributed by atoms with Gasteiger partial charge in [-0.3, -0.25) is 0 Å². The third-order valence-electron chi connectivity index (χ3n) is 3.13. The summed E-state index contributed by atoms with van der Waals surface area (Å²) in [6, 6.07) is 10.2. The van der Waals surface area contributed by atoms with E-state index in [2.05, 4.69) is 61.4 Å². The zero-order valence-electron chi connectivity index (χ0n) is 11.5. The number of hydrogen-bond donors (Lipinski definition) is 1. The fourth-order valence-corrected chi connectivity index (χ4v) is 2.33. The van der Waals surface area contributed by atoms with Gasteiger partial charge in [0.1, 0.15) is 12.7 Å². The monoisotopic (exact) mass is 343 g/mol. The second-order valence-corrected chi connectivity index (χ2v) is 5.54. The van der Waals surface area contributed by atoms with Crippen LogP contribution < -0.4 is 5.32 Å². The van der Waals surface area contributed by atoms with Crippen molar-refractivity contribution in [1.29, 1.82) is 0 Å². The average Bonchev–Trinajstić information content (AvgIpc) is 3.03. The van der Waals surface area contributed by atoms with E-state index >= 15 is 0 Å². The van der Waals surface area contributed by atoms with Gasteiger partial charge in [-0.05, 0) is 36.2 Å². The molecule has 21 heavy (non-hydrogen) atoms. The van der Waals surface area contributed by atoms with Crippen LogP contribution in [0.4, 0.5) is 5.69 Å². The number of rotatable bonds is 4. The summed E-state index contributed by atoms with van der Waals surface area (Å²) in [6.45, 7) is 2.83. The number of nitrogens with one attached hydrogen (secondary N) is 1. The predicted octanol–water partition coefficient (Wildman–Crippen LogP) is 3.35. The Morgan fingerprint density at radius 3 is 2.81 bits per heavy atom. The lowest BCUT2D eigenvalue weighted by molar-refractivity contribution is 0.845. The Kier molecular flexibility index (Phi) is 3.96. The maximum absolute atomic E-state index is 4.35. The van der Waals surface area contributed by atoms with Gasteiger partial charge >= 0.3 is 0 Å². The highest BCUT2D eigenvalue weighted by Gasteiger charge is 2.00. The number of hydrogen-bond acceptors (Lipinski definition) is 4. The molecule has 0 bridgehead atoms. The second kappa shape index (κ2) is 6.05. The molecule has 1 aromatic carbocycles. The van der Waals surface area contributed by atoms with Gasteiger partial charge in [-0.25, -0.2) is 14.6 Å². The zero-order valence-corrected chi connectivity index (χ0v) is 13.1. The molecule has 0 radical (unpaired) electrons. The molecule has 3 rings (SSSR count). The number of pyridine rings is 1. The fraction of sp³-hybridized carbons (Fsp3) is 0.133. The Balaban J connectivity index is 1.66. The zero-order chi connectivity index (χ0) is 14.7. The largest absolute Gasteiger partial charge is 0.380 e. The van der Waals surface area contributed by atoms with Crippen LogP contribution in [-0.2, 0) is 6.54 Å². The lowest BCUT2D eigenvalue weighted by Gasteiger charge is -2.08. The van der Waals surface area contributed by atoms with Crippen molar-refractivity contribution >= 4 is 21.6 Å². The summed E-state index contributed by atoms with van der Waals surface area (Å²) in [5, 5.41) is 7.40. The van der Waals surface area contributed by atoms with Gasteiger partial charge < -0.3 is 5.32 Å². The van der Waals surface area contributed by atoms with Crippen LogP contribution in [0.3, 0.4) is 0 Å². The van der Waals surface area contributed by atoms with E-state index in [0.717, 1.165) is 22.5 Å². The molecule has 0 atom stereocenters. The second-order valence-electron chi connectivity index (χ2n) is 4.68. The molecule has 0 aliphatic heterocycles. The topological polar surface area (TPSA) is 55.6 Å². The number of nitrogens with zero attached hydrogens (tertiary/aromatic N) is 4. The Labute approximate surface area is 131 Å². The van der Waals surface area contributed by atoms with E-state index in [-0.39, 0.29) is 0 Å². The first-order valence-corrected chi connectivity index (χ1v) is 7.31. The molecule has 0 spiro atoms. The number of aryl methyl sites for hydroxylation is 1. The molecule has 0 unspecified atom stereocenters. The van der Waals surface area contributed by atoms with Crippen LogP contribution in [0.5, 0.6) is 0 Å². The molecule has 0 aliphatic carbocycles. The van der Waals surface area contributed by atoms with Gasteiger partial charge in [0.15, 0.2) is 5.82 Å². The van der Waals surface area contributed by atoms with Crippen LogP contribution in [0.15, 0.2) is 53.7 Å². The first-order valence-electron chi connectivity index (χ1n) is 6.52. The summed E-state index contributed by atoms with van der Waals surface area (Å²) < 4.78 is 2.75. The molecule has 3 aromatic rings. The van der Waals surface area contributed by atoms with Crippen molar-refractivity contribution in [2.45, 2.75) is 13.5 Å². The lowest BCUT2D eigenvalue weighted by Crippen LogP contribution is -2.02. The van der Waals surface area contributed by atoms with Crippen molar-refractivity contribution in [2.24, 2.45) is 0 Å². The molecule has 0 fully saturated rings. The summed E-state index contributed by atoms with van der Waals surface area (Å²) in [5.41, 5.74) is 3.42. The van der Waals surface area contributed by atoms with Gasteiger partial charge in [0.05, 0.1) is 11.9 Å². The minimum atomic E-state index is 0.746. The maximum Gasteiger partial charge on any atom is 0.155 e. The SMILES string of the molecule is Cc1ccc(CNc2ccc(-n3cncn3)nc2)cc1Br. The van der Waals surface area contributed by atoms with Crippen molar-refractivity contribution in [2.75, 3.05) is 5.32 Å². The van der Waals surface area contributed by atoms with Crippen LogP contribution in [-0.4, -0.2) is 19.7 Å².